The topological polar surface area (TPSA) is 142 Å². The van der Waals surface area contributed by atoms with Crippen LogP contribution in [0.25, 0.3) is 11.0 Å². The number of ether oxygens (including phenoxy) is 2. The standard InChI is InChI=1S/C34H41ClFN5O8S/c1-5-48-29-15-23(27(36)14-24(29)32(42)37-50(45,46)41-9-6-7-10-41)33(43)40-11-8-22-25(18-40)34(44)49-31-20(2)28(16-26(35)30(22)31)39-13-12-38(3)21(17-39)19-47-4/h14-16,21H,5-13,17-19H2,1-4H3,(H,37,42)/t21-/m1/s1. The second-order valence-electron chi connectivity index (χ2n) is 12.9. The van der Waals surface area contributed by atoms with Crippen molar-refractivity contribution in [1.82, 2.24) is 18.8 Å². The maximum atomic E-state index is 15.6. The number of likely N-dealkylation sites (N-methyl/N-ethyl adjacent to an activating group) is 1. The molecule has 2 fully saturated rings. The fraction of sp³-hybridized carbons (Fsp3) is 0.500. The quantitative estimate of drug-likeness (QED) is 0.326. The Kier molecular flexibility index (Phi) is 10.4. The molecule has 16 heteroatoms. The van der Waals surface area contributed by atoms with E-state index in [9.17, 15) is 22.8 Å². The van der Waals surface area contributed by atoms with Gasteiger partial charge in [-0.3, -0.25) is 14.5 Å². The number of methoxy groups -OCH3 is 1. The van der Waals surface area contributed by atoms with Crippen LogP contribution in [0.3, 0.4) is 0 Å². The second kappa shape index (κ2) is 14.5. The molecule has 1 atom stereocenters. The molecule has 13 nitrogen and oxygen atoms in total. The molecule has 4 heterocycles. The Hall–Kier alpha value is -3.76. The third-order valence-corrected chi connectivity index (χ3v) is 11.6. The van der Waals surface area contributed by atoms with Crippen molar-refractivity contribution in [1.29, 1.82) is 0 Å². The van der Waals surface area contributed by atoms with E-state index in [4.69, 9.17) is 25.5 Å². The minimum atomic E-state index is -4.14. The number of aryl methyl sites for hydroxylation is 1. The first-order chi connectivity index (χ1) is 23.8. The van der Waals surface area contributed by atoms with Crippen molar-refractivity contribution < 1.29 is 36.3 Å². The van der Waals surface area contributed by atoms with Gasteiger partial charge in [-0.25, -0.2) is 13.9 Å². The van der Waals surface area contributed by atoms with Gasteiger partial charge in [0.2, 0.25) is 0 Å². The summed E-state index contributed by atoms with van der Waals surface area (Å²) in [6.07, 6.45) is 1.61. The lowest BCUT2D eigenvalue weighted by Gasteiger charge is -2.41. The number of fused-ring (bicyclic) bond motifs is 3. The summed E-state index contributed by atoms with van der Waals surface area (Å²) in [5.74, 6) is -3.00. The Labute approximate surface area is 295 Å². The van der Waals surface area contributed by atoms with Gasteiger partial charge in [-0.1, -0.05) is 11.6 Å². The van der Waals surface area contributed by atoms with Crippen LogP contribution in [0.15, 0.2) is 27.4 Å². The number of anilines is 1. The highest BCUT2D eigenvalue weighted by atomic mass is 35.5. The highest BCUT2D eigenvalue weighted by Crippen LogP contribution is 2.39. The first kappa shape index (κ1) is 36.0. The fourth-order valence-corrected chi connectivity index (χ4v) is 8.56. The zero-order valence-electron chi connectivity index (χ0n) is 28.5. The number of hydrogen-bond acceptors (Lipinski definition) is 10. The van der Waals surface area contributed by atoms with E-state index < -0.39 is 39.0 Å². The number of carbonyl (C=O) groups is 2. The van der Waals surface area contributed by atoms with Gasteiger partial charge in [0.15, 0.2) is 0 Å². The number of rotatable bonds is 9. The number of nitrogens with zero attached hydrogens (tertiary/aromatic N) is 4. The summed E-state index contributed by atoms with van der Waals surface area (Å²) < 4.78 is 60.9. The summed E-state index contributed by atoms with van der Waals surface area (Å²) in [5.41, 5.74) is 1.61. The van der Waals surface area contributed by atoms with E-state index in [0.29, 0.717) is 47.5 Å². The van der Waals surface area contributed by atoms with Crippen molar-refractivity contribution in [3.63, 3.8) is 0 Å². The molecule has 0 radical (unpaired) electrons. The van der Waals surface area contributed by atoms with Gasteiger partial charge >= 0.3 is 15.8 Å². The Morgan fingerprint density at radius 3 is 2.52 bits per heavy atom. The average molecular weight is 734 g/mol. The van der Waals surface area contributed by atoms with Gasteiger partial charge in [0.05, 0.1) is 47.5 Å². The lowest BCUT2D eigenvalue weighted by molar-refractivity contribution is 0.0727. The summed E-state index contributed by atoms with van der Waals surface area (Å²) in [7, 11) is -0.403. The highest BCUT2D eigenvalue weighted by Gasteiger charge is 2.33. The summed E-state index contributed by atoms with van der Waals surface area (Å²) >= 11 is 6.91. The van der Waals surface area contributed by atoms with Crippen LogP contribution in [-0.4, -0.2) is 107 Å². The lowest BCUT2D eigenvalue weighted by atomic mass is 9.94. The average Bonchev–Trinajstić information content (AvgIpc) is 3.64. The van der Waals surface area contributed by atoms with Crippen LogP contribution < -0.4 is 20.0 Å². The van der Waals surface area contributed by atoms with E-state index in [-0.39, 0.29) is 62.1 Å². The van der Waals surface area contributed by atoms with E-state index in [1.807, 2.05) is 17.7 Å². The predicted molar refractivity (Wildman–Crippen MR) is 186 cm³/mol. The molecule has 3 aliphatic rings. The fourth-order valence-electron chi connectivity index (χ4n) is 7.05. The highest BCUT2D eigenvalue weighted by molar-refractivity contribution is 7.87. The van der Waals surface area contributed by atoms with Crippen LogP contribution in [-0.2, 0) is 27.9 Å². The van der Waals surface area contributed by atoms with E-state index in [1.54, 1.807) is 14.0 Å². The van der Waals surface area contributed by atoms with Gasteiger partial charge in [-0.2, -0.15) is 12.7 Å². The molecule has 0 unspecified atom stereocenters. The van der Waals surface area contributed by atoms with Crippen molar-refractivity contribution in [2.24, 2.45) is 0 Å². The first-order valence-electron chi connectivity index (χ1n) is 16.6. The largest absolute Gasteiger partial charge is 0.493 e. The third-order valence-electron chi connectivity index (χ3n) is 9.78. The molecule has 50 heavy (non-hydrogen) atoms. The monoisotopic (exact) mass is 733 g/mol. The summed E-state index contributed by atoms with van der Waals surface area (Å²) in [6, 6.07) is 3.96. The van der Waals surface area contributed by atoms with Gasteiger partial charge < -0.3 is 23.7 Å². The third kappa shape index (κ3) is 6.81. The molecule has 0 aliphatic carbocycles. The normalized spacial score (nSPS) is 18.8. The van der Waals surface area contributed by atoms with Crippen molar-refractivity contribution in [2.45, 2.75) is 45.7 Å². The number of piperazine rings is 1. The number of nitrogens with one attached hydrogen (secondary N) is 1. The Balaban J connectivity index is 1.27. The van der Waals surface area contributed by atoms with Crippen LogP contribution >= 0.6 is 11.6 Å². The lowest BCUT2D eigenvalue weighted by Crippen LogP contribution is -2.53. The number of benzene rings is 2. The molecule has 2 amide bonds. The zero-order valence-corrected chi connectivity index (χ0v) is 30.1. The zero-order chi connectivity index (χ0) is 35.9. The number of amides is 2. The molecule has 3 aliphatic heterocycles. The van der Waals surface area contributed by atoms with Crippen LogP contribution in [0.1, 0.15) is 57.2 Å². The molecule has 270 valence electrons. The summed E-state index contributed by atoms with van der Waals surface area (Å²) in [5, 5.41) is 1.04. The summed E-state index contributed by atoms with van der Waals surface area (Å²) in [6.45, 7) is 7.01. The molecule has 6 rings (SSSR count). The van der Waals surface area contributed by atoms with E-state index in [2.05, 4.69) is 16.8 Å². The Morgan fingerprint density at radius 1 is 1.08 bits per heavy atom. The van der Waals surface area contributed by atoms with E-state index in [1.165, 1.54) is 4.90 Å². The van der Waals surface area contributed by atoms with E-state index in [0.717, 1.165) is 40.8 Å². The van der Waals surface area contributed by atoms with Gasteiger partial charge in [0.25, 0.3) is 11.8 Å². The van der Waals surface area contributed by atoms with Crippen molar-refractivity contribution in [3.8, 4) is 5.75 Å². The molecule has 3 aromatic rings. The number of carbonyl (C=O) groups excluding carboxylic acids is 2. The van der Waals surface area contributed by atoms with Crippen LogP contribution in [0, 0.1) is 12.7 Å². The van der Waals surface area contributed by atoms with Gasteiger partial charge in [0.1, 0.15) is 17.1 Å². The van der Waals surface area contributed by atoms with Gasteiger partial charge in [-0.15, -0.1) is 0 Å². The molecule has 0 saturated carbocycles. The molecular formula is C34H41ClFN5O8S. The molecular weight excluding hydrogens is 693 g/mol. The first-order valence-corrected chi connectivity index (χ1v) is 18.5. The van der Waals surface area contributed by atoms with Crippen molar-refractivity contribution in [2.75, 3.05) is 71.5 Å². The molecule has 1 aromatic heterocycles. The van der Waals surface area contributed by atoms with Gasteiger partial charge in [-0.05, 0) is 63.9 Å². The maximum Gasteiger partial charge on any atom is 0.341 e. The van der Waals surface area contributed by atoms with E-state index >= 15 is 4.39 Å². The van der Waals surface area contributed by atoms with Crippen LogP contribution in [0.5, 0.6) is 5.75 Å². The summed E-state index contributed by atoms with van der Waals surface area (Å²) in [4.78, 5) is 46.0. The van der Waals surface area contributed by atoms with Gasteiger partial charge in [0, 0.05) is 63.0 Å². The molecule has 0 spiro atoms. The molecule has 0 bridgehead atoms. The van der Waals surface area contributed by atoms with Crippen molar-refractivity contribution in [3.05, 3.63) is 67.3 Å². The maximum absolute atomic E-state index is 15.6. The molecule has 2 aromatic carbocycles. The number of hydrogen-bond donors (Lipinski definition) is 1. The predicted octanol–water partition coefficient (Wildman–Crippen LogP) is 3.33. The van der Waals surface area contributed by atoms with Crippen LogP contribution in [0.2, 0.25) is 5.02 Å². The van der Waals surface area contributed by atoms with Crippen molar-refractivity contribution >= 4 is 50.3 Å². The Bertz CT molecular complexity index is 2000. The molecule has 2 saturated heterocycles. The second-order valence-corrected chi connectivity index (χ2v) is 14.9. The minimum Gasteiger partial charge on any atom is -0.493 e. The SMILES string of the molecule is CCOc1cc(C(=O)N2CCc3c(c(=O)oc4c(C)c(N5CCN(C)[C@@H](COC)C5)cc(Cl)c34)C2)c(F)cc1C(=O)NS(=O)(=O)N1CCCC1. The molecule has 1 N–H and O–H groups in total. The Morgan fingerprint density at radius 2 is 1.82 bits per heavy atom. The van der Waals surface area contributed by atoms with Crippen LogP contribution in [0.4, 0.5) is 10.1 Å². The smallest absolute Gasteiger partial charge is 0.341 e. The number of halogens is 2. The minimum absolute atomic E-state index is 0.0636.